The van der Waals surface area contributed by atoms with Crippen molar-refractivity contribution in [3.63, 3.8) is 0 Å². The number of fused-ring (bicyclic) bond motifs is 1. The first kappa shape index (κ1) is 12.9. The lowest BCUT2D eigenvalue weighted by Gasteiger charge is -2.34. The van der Waals surface area contributed by atoms with E-state index in [4.69, 9.17) is 0 Å². The highest BCUT2D eigenvalue weighted by atomic mass is 16.3. The number of rotatable bonds is 2. The molecule has 0 bridgehead atoms. The van der Waals surface area contributed by atoms with E-state index in [0.29, 0.717) is 12.8 Å². The van der Waals surface area contributed by atoms with Gasteiger partial charge >= 0.3 is 0 Å². The molecule has 0 spiro atoms. The van der Waals surface area contributed by atoms with Gasteiger partial charge in [0, 0.05) is 19.4 Å². The predicted octanol–water partition coefficient (Wildman–Crippen LogP) is -0.605. The summed E-state index contributed by atoms with van der Waals surface area (Å²) in [5.41, 5.74) is 0.861. The fourth-order valence-electron chi connectivity index (χ4n) is 2.84. The third kappa shape index (κ3) is 2.22. The fraction of sp³-hybridized carbons (Fsp3) is 0.429. The van der Waals surface area contributed by atoms with Crippen molar-refractivity contribution in [3.05, 3.63) is 29.8 Å². The van der Waals surface area contributed by atoms with Crippen LogP contribution in [0.5, 0.6) is 5.75 Å². The predicted molar refractivity (Wildman–Crippen MR) is 69.9 cm³/mol. The zero-order chi connectivity index (χ0) is 14.3. The number of aromatic hydroxyl groups is 1. The normalized spacial score (nSPS) is 29.2. The van der Waals surface area contributed by atoms with Crippen LogP contribution in [-0.2, 0) is 16.0 Å². The lowest BCUT2D eigenvalue weighted by atomic mass is 10.0. The molecule has 2 saturated heterocycles. The number of nitrogens with zero attached hydrogens (tertiary/aromatic N) is 1. The van der Waals surface area contributed by atoms with Crippen molar-refractivity contribution in [2.75, 3.05) is 6.54 Å². The van der Waals surface area contributed by atoms with E-state index in [1.807, 2.05) is 0 Å². The molecule has 2 fully saturated rings. The largest absolute Gasteiger partial charge is 0.508 e. The van der Waals surface area contributed by atoms with Crippen LogP contribution in [0.1, 0.15) is 12.0 Å². The number of aliphatic hydroxyl groups is 1. The molecule has 1 aromatic rings. The van der Waals surface area contributed by atoms with Gasteiger partial charge in [0.05, 0.1) is 6.10 Å². The maximum absolute atomic E-state index is 12.3. The van der Waals surface area contributed by atoms with Crippen LogP contribution in [0.3, 0.4) is 0 Å². The summed E-state index contributed by atoms with van der Waals surface area (Å²) >= 11 is 0. The Bertz CT molecular complexity index is 543. The molecule has 0 aromatic heterocycles. The van der Waals surface area contributed by atoms with Gasteiger partial charge in [-0.1, -0.05) is 12.1 Å². The van der Waals surface area contributed by atoms with Gasteiger partial charge in [0.25, 0.3) is 0 Å². The standard InChI is InChI=1S/C14H16N2O4/c17-9-3-1-8(2-4-9)5-11-14(20)16-7-10(18)6-12(16)13(19)15-11/h1-4,10-12,17-18H,5-7H2,(H,15,19)/t10-,11+,12+/m1/s1. The Labute approximate surface area is 116 Å². The summed E-state index contributed by atoms with van der Waals surface area (Å²) in [6, 6.07) is 5.40. The van der Waals surface area contributed by atoms with Gasteiger partial charge in [-0.3, -0.25) is 9.59 Å². The van der Waals surface area contributed by atoms with Crippen molar-refractivity contribution in [2.24, 2.45) is 0 Å². The molecule has 6 nitrogen and oxygen atoms in total. The van der Waals surface area contributed by atoms with Crippen molar-refractivity contribution < 1.29 is 19.8 Å². The second kappa shape index (κ2) is 4.79. The lowest BCUT2D eigenvalue weighted by molar-refractivity contribution is -0.147. The average molecular weight is 276 g/mol. The van der Waals surface area contributed by atoms with Crippen LogP contribution in [0.25, 0.3) is 0 Å². The van der Waals surface area contributed by atoms with Gasteiger partial charge in [-0.2, -0.15) is 0 Å². The van der Waals surface area contributed by atoms with Gasteiger partial charge in [-0.15, -0.1) is 0 Å². The molecule has 106 valence electrons. The highest BCUT2D eigenvalue weighted by molar-refractivity contribution is 5.97. The smallest absolute Gasteiger partial charge is 0.246 e. The molecule has 20 heavy (non-hydrogen) atoms. The first-order chi connectivity index (χ1) is 9.54. The lowest BCUT2D eigenvalue weighted by Crippen LogP contribution is -2.61. The molecule has 2 aliphatic heterocycles. The second-order valence-corrected chi connectivity index (χ2v) is 5.33. The number of aliphatic hydroxyl groups excluding tert-OH is 1. The van der Waals surface area contributed by atoms with E-state index in [-0.39, 0.29) is 24.1 Å². The molecule has 0 radical (unpaired) electrons. The molecule has 3 rings (SSSR count). The van der Waals surface area contributed by atoms with Crippen LogP contribution in [0.4, 0.5) is 0 Å². The number of nitrogens with one attached hydrogen (secondary N) is 1. The van der Waals surface area contributed by atoms with Crippen LogP contribution in [0.15, 0.2) is 24.3 Å². The van der Waals surface area contributed by atoms with Crippen molar-refractivity contribution in [3.8, 4) is 5.75 Å². The molecular formula is C14H16N2O4. The number of hydrogen-bond acceptors (Lipinski definition) is 4. The molecule has 0 aliphatic carbocycles. The quantitative estimate of drug-likeness (QED) is 0.672. The molecular weight excluding hydrogens is 260 g/mol. The van der Waals surface area contributed by atoms with Crippen molar-refractivity contribution in [2.45, 2.75) is 31.0 Å². The highest BCUT2D eigenvalue weighted by Gasteiger charge is 2.45. The van der Waals surface area contributed by atoms with Crippen LogP contribution >= 0.6 is 0 Å². The Hall–Kier alpha value is -2.08. The third-order valence-electron chi connectivity index (χ3n) is 3.86. The Kier molecular flexibility index (Phi) is 3.10. The van der Waals surface area contributed by atoms with E-state index in [2.05, 4.69) is 5.32 Å². The van der Waals surface area contributed by atoms with Crippen LogP contribution < -0.4 is 5.32 Å². The number of benzene rings is 1. The number of carbonyl (C=O) groups is 2. The summed E-state index contributed by atoms with van der Waals surface area (Å²) in [6.45, 7) is 0.225. The van der Waals surface area contributed by atoms with Gasteiger partial charge in [0.1, 0.15) is 17.8 Å². The molecule has 2 heterocycles. The summed E-state index contributed by atoms with van der Waals surface area (Å²) in [6.07, 6.45) is 0.0651. The molecule has 1 aromatic carbocycles. The van der Waals surface area contributed by atoms with E-state index in [1.54, 1.807) is 24.3 Å². The average Bonchev–Trinajstić information content (AvgIpc) is 2.81. The second-order valence-electron chi connectivity index (χ2n) is 5.33. The number of piperazine rings is 1. The molecule has 6 heteroatoms. The molecule has 0 unspecified atom stereocenters. The Morgan fingerprint density at radius 1 is 1.25 bits per heavy atom. The molecule has 3 atom stereocenters. The number of phenols is 1. The number of carbonyl (C=O) groups excluding carboxylic acids is 2. The van der Waals surface area contributed by atoms with E-state index >= 15 is 0 Å². The Morgan fingerprint density at radius 2 is 1.95 bits per heavy atom. The van der Waals surface area contributed by atoms with Crippen LogP contribution in [-0.4, -0.2) is 51.7 Å². The third-order valence-corrected chi connectivity index (χ3v) is 3.86. The van der Waals surface area contributed by atoms with Gasteiger partial charge in [0.2, 0.25) is 11.8 Å². The number of amides is 2. The minimum atomic E-state index is -0.623. The van der Waals surface area contributed by atoms with E-state index in [9.17, 15) is 19.8 Å². The van der Waals surface area contributed by atoms with E-state index in [1.165, 1.54) is 4.90 Å². The molecule has 2 amide bonds. The van der Waals surface area contributed by atoms with Crippen LogP contribution in [0.2, 0.25) is 0 Å². The van der Waals surface area contributed by atoms with Crippen LogP contribution in [0, 0.1) is 0 Å². The van der Waals surface area contributed by atoms with Crippen molar-refractivity contribution >= 4 is 11.8 Å². The van der Waals surface area contributed by atoms with Crippen molar-refractivity contribution in [1.29, 1.82) is 0 Å². The summed E-state index contributed by atoms with van der Waals surface area (Å²) in [5, 5.41) is 21.6. The Morgan fingerprint density at radius 3 is 2.65 bits per heavy atom. The van der Waals surface area contributed by atoms with Gasteiger partial charge in [-0.05, 0) is 17.7 Å². The molecule has 3 N–H and O–H groups in total. The van der Waals surface area contributed by atoms with Gasteiger partial charge < -0.3 is 20.4 Å². The maximum atomic E-state index is 12.3. The van der Waals surface area contributed by atoms with Gasteiger partial charge in [-0.25, -0.2) is 0 Å². The van der Waals surface area contributed by atoms with Gasteiger partial charge in [0.15, 0.2) is 0 Å². The topological polar surface area (TPSA) is 89.9 Å². The number of phenolic OH excluding ortho intramolecular Hbond substituents is 1. The number of hydrogen-bond donors (Lipinski definition) is 3. The first-order valence-electron chi connectivity index (χ1n) is 6.61. The monoisotopic (exact) mass is 276 g/mol. The minimum absolute atomic E-state index is 0.153. The fourth-order valence-corrected chi connectivity index (χ4v) is 2.84. The SMILES string of the molecule is O=C1N[C@@H](Cc2ccc(O)cc2)C(=O)N2C[C@H](O)C[C@@H]12. The summed E-state index contributed by atoms with van der Waals surface area (Å²) in [5.74, 6) is -0.195. The highest BCUT2D eigenvalue weighted by Crippen LogP contribution is 2.24. The zero-order valence-electron chi connectivity index (χ0n) is 10.8. The minimum Gasteiger partial charge on any atom is -0.508 e. The van der Waals surface area contributed by atoms with E-state index in [0.717, 1.165) is 5.56 Å². The zero-order valence-corrected chi connectivity index (χ0v) is 10.8. The molecule has 0 saturated carbocycles. The summed E-state index contributed by atoms with van der Waals surface area (Å²) in [7, 11) is 0. The first-order valence-corrected chi connectivity index (χ1v) is 6.61. The maximum Gasteiger partial charge on any atom is 0.246 e. The molecule has 2 aliphatic rings. The summed E-state index contributed by atoms with van der Waals surface area (Å²) in [4.78, 5) is 25.8. The summed E-state index contributed by atoms with van der Waals surface area (Å²) < 4.78 is 0. The van der Waals surface area contributed by atoms with E-state index < -0.39 is 18.2 Å². The van der Waals surface area contributed by atoms with Crippen molar-refractivity contribution in [1.82, 2.24) is 10.2 Å². The Balaban J connectivity index is 1.76.